The third-order valence-corrected chi connectivity index (χ3v) is 2.49. The van der Waals surface area contributed by atoms with Crippen LogP contribution in [0.15, 0.2) is 12.2 Å². The van der Waals surface area contributed by atoms with E-state index in [0.717, 1.165) is 49.0 Å². The van der Waals surface area contributed by atoms with Crippen molar-refractivity contribution in [3.05, 3.63) is 12.2 Å². The van der Waals surface area contributed by atoms with E-state index in [0.29, 0.717) is 0 Å². The zero-order valence-electron chi connectivity index (χ0n) is 3.91. The van der Waals surface area contributed by atoms with Gasteiger partial charge in [-0.1, -0.05) is 0 Å². The monoisotopic (exact) mass is 94.0 g/mol. The molecule has 0 aromatic heterocycles. The first kappa shape index (κ1) is 6.38. The second kappa shape index (κ2) is 3.56. The van der Waals surface area contributed by atoms with E-state index in [1.54, 1.807) is 0 Å². The number of rotatable bonds is 1. The minimum atomic E-state index is 0.985. The van der Waals surface area contributed by atoms with Gasteiger partial charge < -0.3 is 0 Å². The first-order valence-corrected chi connectivity index (χ1v) is 4.12. The molecule has 0 fully saturated rings. The Morgan fingerprint density at radius 2 is 2.20 bits per heavy atom. The molecule has 0 radical (unpaired) electrons. The molecule has 0 rings (SSSR count). The number of allylic oxidation sites excluding steroid dienone is 1. The maximum absolute atomic E-state index is 3.72. The summed E-state index contributed by atoms with van der Waals surface area (Å²) >= 11 is 0.985. The van der Waals surface area contributed by atoms with Crippen molar-refractivity contribution in [2.24, 2.45) is 0 Å². The van der Waals surface area contributed by atoms with Crippen molar-refractivity contribution in [2.75, 3.05) is 0 Å². The summed E-state index contributed by atoms with van der Waals surface area (Å²) in [6.07, 6.45) is 0. The molecule has 0 atom stereocenters. The summed E-state index contributed by atoms with van der Waals surface area (Å²) in [7, 11) is 0. The molecule has 0 aromatic rings. The van der Waals surface area contributed by atoms with Gasteiger partial charge in [0.1, 0.15) is 0 Å². The summed E-state index contributed by atoms with van der Waals surface area (Å²) in [5, 5.41) is 0. The van der Waals surface area contributed by atoms with E-state index in [9.17, 15) is 0 Å². The zero-order chi connectivity index (χ0) is 4.28. The van der Waals surface area contributed by atoms with Gasteiger partial charge in [0.05, 0.1) is 0 Å². The van der Waals surface area contributed by atoms with E-state index in [1.165, 1.54) is 6.09 Å². The van der Waals surface area contributed by atoms with Crippen LogP contribution in [0.25, 0.3) is 0 Å². The first-order valence-electron chi connectivity index (χ1n) is 1.91. The second-order valence-corrected chi connectivity index (χ2v) is 2.41. The van der Waals surface area contributed by atoms with Gasteiger partial charge in [0, 0.05) is 0 Å². The summed E-state index contributed by atoms with van der Waals surface area (Å²) in [5.74, 6) is 0. The summed E-state index contributed by atoms with van der Waals surface area (Å²) in [5.41, 5.74) is 1.34. The topological polar surface area (TPSA) is 0 Å². The molecule has 0 unspecified atom stereocenters. The van der Waals surface area contributed by atoms with Crippen molar-refractivity contribution >= 4 is 49.0 Å². The molecule has 0 aliphatic carbocycles. The summed E-state index contributed by atoms with van der Waals surface area (Å²) < 4.78 is 1.30. The van der Waals surface area contributed by atoms with E-state index in [-0.39, 0.29) is 0 Å². The summed E-state index contributed by atoms with van der Waals surface area (Å²) in [6, 6.07) is 0. The quantitative estimate of drug-likeness (QED) is 0.338. The van der Waals surface area contributed by atoms with Crippen LogP contribution in [0.1, 0.15) is 6.92 Å². The molecule has 0 aromatic carbocycles. The average molecular weight is 94.2 g/mol. The Balaban J connectivity index is 2.85. The van der Waals surface area contributed by atoms with Crippen molar-refractivity contribution in [3.63, 3.8) is 0 Å². The Hall–Kier alpha value is 1.38. The predicted molar refractivity (Wildman–Crippen MR) is 25.4 cm³/mol. The second-order valence-electron chi connectivity index (χ2n) is 1.31. The molecule has 5 heavy (non-hydrogen) atoms. The Morgan fingerprint density at radius 1 is 2.00 bits per heavy atom. The molecule has 0 heterocycles. The van der Waals surface area contributed by atoms with Crippen LogP contribution < -0.4 is 0 Å². The predicted octanol–water partition coefficient (Wildman–Crippen LogP) is 1.15. The average Bonchev–Trinajstić information content (AvgIpc) is 1.38. The van der Waals surface area contributed by atoms with Crippen molar-refractivity contribution < 1.29 is 0 Å². The molecular formula is C4H7K. The third kappa shape index (κ3) is 5.38. The van der Waals surface area contributed by atoms with Crippen LogP contribution in [0.3, 0.4) is 0 Å². The van der Waals surface area contributed by atoms with Gasteiger partial charge in [0.15, 0.2) is 0 Å². The van der Waals surface area contributed by atoms with Gasteiger partial charge >= 0.3 is 68.5 Å². The Kier molecular flexibility index (Phi) is 4.54. The number of hydrogen-bond acceptors (Lipinski definition) is 0. The van der Waals surface area contributed by atoms with Crippen molar-refractivity contribution in [2.45, 2.75) is 7.44 Å². The van der Waals surface area contributed by atoms with Crippen LogP contribution in [0.2, 0.25) is 0.515 Å². The molecule has 24 valence electrons. The minimum absolute atomic E-state index is 0.985. The van der Waals surface area contributed by atoms with Crippen LogP contribution in [-0.4, -0.2) is 49.0 Å². The Bertz CT molecular complexity index is 38.9. The SMILES string of the molecule is C=C(C)[CH2][K]. The van der Waals surface area contributed by atoms with E-state index in [2.05, 4.69) is 13.5 Å². The molecule has 1 heteroatoms. The van der Waals surface area contributed by atoms with Crippen molar-refractivity contribution in [3.8, 4) is 0 Å². The molecule has 0 saturated carbocycles. The molecule has 0 saturated heterocycles. The van der Waals surface area contributed by atoms with Crippen LogP contribution in [-0.2, 0) is 0 Å². The van der Waals surface area contributed by atoms with Crippen LogP contribution in [0, 0.1) is 0 Å². The Labute approximate surface area is 67.2 Å². The molecule has 0 amide bonds. The van der Waals surface area contributed by atoms with E-state index < -0.39 is 0 Å². The fourth-order valence-corrected chi connectivity index (χ4v) is 0. The molecule has 0 aliphatic rings. The maximum atomic E-state index is 3.72. The van der Waals surface area contributed by atoms with Gasteiger partial charge in [0.25, 0.3) is 0 Å². The zero-order valence-corrected chi connectivity index (χ0v) is 7.04. The molecule has 0 N–H and O–H groups in total. The molecule has 0 nitrogen and oxygen atoms in total. The molecular weight excluding hydrogens is 87.1 g/mol. The van der Waals surface area contributed by atoms with Gasteiger partial charge in [0.2, 0.25) is 0 Å². The fourth-order valence-electron chi connectivity index (χ4n) is 0. The summed E-state index contributed by atoms with van der Waals surface area (Å²) in [6.45, 7) is 5.80. The van der Waals surface area contributed by atoms with Gasteiger partial charge in [-0.15, -0.1) is 0 Å². The Morgan fingerprint density at radius 3 is 2.20 bits per heavy atom. The standard InChI is InChI=1S/C4H7.K/c1-4(2)3;/h1-2H2,3H3;. The van der Waals surface area contributed by atoms with Crippen LogP contribution in [0.4, 0.5) is 0 Å². The van der Waals surface area contributed by atoms with E-state index in [1.807, 2.05) is 0 Å². The first-order chi connectivity index (χ1) is 2.27. The fraction of sp³-hybridized carbons (Fsp3) is 0.500. The van der Waals surface area contributed by atoms with E-state index in [4.69, 9.17) is 0 Å². The number of hydrogen-bond donors (Lipinski definition) is 0. The molecule has 0 spiro atoms. The van der Waals surface area contributed by atoms with Gasteiger partial charge in [-0.3, -0.25) is 0 Å². The third-order valence-electron chi connectivity index (χ3n) is 0.604. The van der Waals surface area contributed by atoms with Crippen LogP contribution in [0.5, 0.6) is 0 Å². The van der Waals surface area contributed by atoms with Gasteiger partial charge in [-0.25, -0.2) is 0 Å². The normalized spacial score (nSPS) is 7.80. The van der Waals surface area contributed by atoms with Crippen molar-refractivity contribution in [1.29, 1.82) is 0 Å². The van der Waals surface area contributed by atoms with E-state index >= 15 is 0 Å². The van der Waals surface area contributed by atoms with Gasteiger partial charge in [-0.2, -0.15) is 0 Å². The summed E-state index contributed by atoms with van der Waals surface area (Å²) in [4.78, 5) is 0. The van der Waals surface area contributed by atoms with Crippen molar-refractivity contribution in [1.82, 2.24) is 0 Å². The van der Waals surface area contributed by atoms with Crippen LogP contribution >= 0.6 is 0 Å². The molecule has 0 bridgehead atoms. The molecule has 0 aliphatic heterocycles. The van der Waals surface area contributed by atoms with Gasteiger partial charge in [-0.05, 0) is 0 Å².